The van der Waals surface area contributed by atoms with Gasteiger partial charge in [-0.2, -0.15) is 10.4 Å². The van der Waals surface area contributed by atoms with Crippen molar-refractivity contribution in [3.05, 3.63) is 114 Å². The van der Waals surface area contributed by atoms with Crippen LogP contribution in [-0.2, 0) is 13.1 Å². The molecule has 6 heteroatoms. The Hall–Kier alpha value is -3.82. The van der Waals surface area contributed by atoms with Gasteiger partial charge in [0.25, 0.3) is 5.91 Å². The minimum atomic E-state index is -0.147. The van der Waals surface area contributed by atoms with Gasteiger partial charge in [-0.3, -0.25) is 9.48 Å². The number of nitriles is 1. The molecule has 0 spiro atoms. The zero-order valence-electron chi connectivity index (χ0n) is 16.7. The van der Waals surface area contributed by atoms with Crippen molar-refractivity contribution in [3.63, 3.8) is 0 Å². The molecular formula is C25H20N4OS. The highest BCUT2D eigenvalue weighted by molar-refractivity contribution is 7.99. The minimum Gasteiger partial charge on any atom is -0.348 e. The molecule has 5 nitrogen and oxygen atoms in total. The molecule has 4 aromatic rings. The quantitative estimate of drug-likeness (QED) is 0.459. The molecule has 0 unspecified atom stereocenters. The highest BCUT2D eigenvalue weighted by atomic mass is 32.2. The van der Waals surface area contributed by atoms with Gasteiger partial charge in [0.05, 0.1) is 17.7 Å². The van der Waals surface area contributed by atoms with Crippen LogP contribution >= 0.6 is 11.8 Å². The summed E-state index contributed by atoms with van der Waals surface area (Å²) >= 11 is 1.43. The zero-order chi connectivity index (χ0) is 21.5. The van der Waals surface area contributed by atoms with Gasteiger partial charge in [-0.1, -0.05) is 60.3 Å². The molecule has 1 aromatic heterocycles. The number of carbonyl (C=O) groups is 1. The number of carbonyl (C=O) groups excluding carboxylic acids is 1. The third kappa shape index (κ3) is 5.03. The summed E-state index contributed by atoms with van der Waals surface area (Å²) in [7, 11) is 0. The fourth-order valence-corrected chi connectivity index (χ4v) is 4.26. The molecule has 1 amide bonds. The molecule has 0 aliphatic carbocycles. The maximum absolute atomic E-state index is 13.0. The molecule has 152 valence electrons. The molecule has 0 aliphatic heterocycles. The number of nitrogens with one attached hydrogen (secondary N) is 1. The van der Waals surface area contributed by atoms with Crippen LogP contribution in [0, 0.1) is 11.3 Å². The van der Waals surface area contributed by atoms with Crippen molar-refractivity contribution in [1.29, 1.82) is 5.26 Å². The van der Waals surface area contributed by atoms with E-state index in [0.29, 0.717) is 24.2 Å². The summed E-state index contributed by atoms with van der Waals surface area (Å²) in [6, 6.07) is 27.0. The minimum absolute atomic E-state index is 0.147. The molecule has 4 rings (SSSR count). The van der Waals surface area contributed by atoms with Crippen LogP contribution in [-0.4, -0.2) is 15.7 Å². The Balaban J connectivity index is 1.50. The average molecular weight is 425 g/mol. The number of amides is 1. The largest absolute Gasteiger partial charge is 0.348 e. The second-order valence-electron chi connectivity index (χ2n) is 6.86. The molecular weight excluding hydrogens is 404 g/mol. The van der Waals surface area contributed by atoms with E-state index in [1.807, 2.05) is 83.7 Å². The van der Waals surface area contributed by atoms with E-state index in [2.05, 4.69) is 16.5 Å². The summed E-state index contributed by atoms with van der Waals surface area (Å²) in [6.45, 7) is 1.07. The first-order valence-corrected chi connectivity index (χ1v) is 10.6. The number of hydrogen-bond acceptors (Lipinski definition) is 4. The number of hydrogen-bond donors (Lipinski definition) is 1. The Bertz CT molecular complexity index is 1230. The third-order valence-corrected chi connectivity index (χ3v) is 5.96. The van der Waals surface area contributed by atoms with E-state index in [4.69, 9.17) is 0 Å². The lowest BCUT2D eigenvalue weighted by atomic mass is 10.1. The fraction of sp³-hybridized carbons (Fsp3) is 0.0800. The van der Waals surface area contributed by atoms with E-state index in [9.17, 15) is 10.1 Å². The van der Waals surface area contributed by atoms with Crippen molar-refractivity contribution in [2.24, 2.45) is 0 Å². The molecule has 0 saturated carbocycles. The Morgan fingerprint density at radius 3 is 2.42 bits per heavy atom. The van der Waals surface area contributed by atoms with Crippen LogP contribution in [0.3, 0.4) is 0 Å². The molecule has 0 radical (unpaired) electrons. The summed E-state index contributed by atoms with van der Waals surface area (Å²) in [5.74, 6) is -0.147. The Kier molecular flexibility index (Phi) is 6.46. The lowest BCUT2D eigenvalue weighted by Crippen LogP contribution is -2.24. The maximum Gasteiger partial charge on any atom is 0.252 e. The van der Waals surface area contributed by atoms with Crippen LogP contribution < -0.4 is 5.32 Å². The summed E-state index contributed by atoms with van der Waals surface area (Å²) in [4.78, 5) is 14.6. The van der Waals surface area contributed by atoms with Crippen LogP contribution in [0.25, 0.3) is 0 Å². The van der Waals surface area contributed by atoms with Gasteiger partial charge < -0.3 is 5.32 Å². The van der Waals surface area contributed by atoms with E-state index in [0.717, 1.165) is 20.9 Å². The van der Waals surface area contributed by atoms with Gasteiger partial charge >= 0.3 is 0 Å². The average Bonchev–Trinajstić information content (AvgIpc) is 3.32. The maximum atomic E-state index is 13.0. The Morgan fingerprint density at radius 1 is 0.935 bits per heavy atom. The SMILES string of the molecule is N#Cc1ccccc1Sc1ccccc1C(=O)NCc1ccccc1Cn1cccn1. The standard InChI is InChI=1S/C25H20N4OS/c26-16-19-8-3-5-12-23(19)31-24-13-6-4-11-22(24)25(30)27-17-20-9-1-2-10-21(20)18-29-15-7-14-28-29/h1-15H,17-18H2,(H,27,30). The number of rotatable bonds is 7. The van der Waals surface area contributed by atoms with Gasteiger partial charge in [0.2, 0.25) is 0 Å². The van der Waals surface area contributed by atoms with Gasteiger partial charge in [-0.05, 0) is 41.5 Å². The summed E-state index contributed by atoms with van der Waals surface area (Å²) < 4.78 is 1.86. The lowest BCUT2D eigenvalue weighted by Gasteiger charge is -2.13. The molecule has 0 fully saturated rings. The number of nitrogens with zero attached hydrogens (tertiary/aromatic N) is 3. The van der Waals surface area contributed by atoms with Gasteiger partial charge in [-0.25, -0.2) is 0 Å². The van der Waals surface area contributed by atoms with Crippen molar-refractivity contribution in [2.45, 2.75) is 22.9 Å². The van der Waals surface area contributed by atoms with Gasteiger partial charge in [-0.15, -0.1) is 0 Å². The topological polar surface area (TPSA) is 70.7 Å². The third-order valence-electron chi connectivity index (χ3n) is 4.81. The van der Waals surface area contributed by atoms with Crippen molar-refractivity contribution in [3.8, 4) is 6.07 Å². The number of aromatic nitrogens is 2. The molecule has 1 N–H and O–H groups in total. The van der Waals surface area contributed by atoms with Crippen LogP contribution in [0.5, 0.6) is 0 Å². The predicted molar refractivity (Wildman–Crippen MR) is 121 cm³/mol. The molecule has 0 aliphatic rings. The molecule has 0 bridgehead atoms. The van der Waals surface area contributed by atoms with Crippen molar-refractivity contribution in [2.75, 3.05) is 0 Å². The van der Waals surface area contributed by atoms with E-state index < -0.39 is 0 Å². The van der Waals surface area contributed by atoms with Crippen molar-refractivity contribution >= 4 is 17.7 Å². The molecule has 1 heterocycles. The Morgan fingerprint density at radius 2 is 1.65 bits per heavy atom. The van der Waals surface area contributed by atoms with Gasteiger partial charge in [0.15, 0.2) is 0 Å². The second-order valence-corrected chi connectivity index (χ2v) is 7.94. The van der Waals surface area contributed by atoms with Gasteiger partial charge in [0.1, 0.15) is 6.07 Å². The molecule has 31 heavy (non-hydrogen) atoms. The first kappa shape index (κ1) is 20.5. The normalized spacial score (nSPS) is 10.4. The van der Waals surface area contributed by atoms with E-state index in [1.54, 1.807) is 12.3 Å². The van der Waals surface area contributed by atoms with Crippen molar-refractivity contribution < 1.29 is 4.79 Å². The van der Waals surface area contributed by atoms with E-state index in [-0.39, 0.29) is 5.91 Å². The first-order chi connectivity index (χ1) is 15.2. The summed E-state index contributed by atoms with van der Waals surface area (Å²) in [5.41, 5.74) is 3.34. The van der Waals surface area contributed by atoms with Crippen LogP contribution in [0.4, 0.5) is 0 Å². The smallest absolute Gasteiger partial charge is 0.252 e. The fourth-order valence-electron chi connectivity index (χ4n) is 3.23. The van der Waals surface area contributed by atoms with Crippen molar-refractivity contribution in [1.82, 2.24) is 15.1 Å². The highest BCUT2D eigenvalue weighted by Gasteiger charge is 2.14. The van der Waals surface area contributed by atoms with Crippen LogP contribution in [0.15, 0.2) is 101 Å². The van der Waals surface area contributed by atoms with E-state index >= 15 is 0 Å². The molecule has 0 saturated heterocycles. The second kappa shape index (κ2) is 9.79. The first-order valence-electron chi connectivity index (χ1n) is 9.83. The predicted octanol–water partition coefficient (Wildman–Crippen LogP) is 4.88. The van der Waals surface area contributed by atoms with Crippen LogP contribution in [0.2, 0.25) is 0 Å². The summed E-state index contributed by atoms with van der Waals surface area (Å²) in [6.07, 6.45) is 3.67. The molecule has 0 atom stereocenters. The highest BCUT2D eigenvalue weighted by Crippen LogP contribution is 2.32. The number of benzene rings is 3. The zero-order valence-corrected chi connectivity index (χ0v) is 17.5. The van der Waals surface area contributed by atoms with Gasteiger partial charge in [0, 0.05) is 28.7 Å². The monoisotopic (exact) mass is 424 g/mol. The Labute approximate surface area is 185 Å². The summed E-state index contributed by atoms with van der Waals surface area (Å²) in [5, 5.41) is 16.7. The lowest BCUT2D eigenvalue weighted by molar-refractivity contribution is 0.0948. The van der Waals surface area contributed by atoms with Crippen LogP contribution in [0.1, 0.15) is 27.0 Å². The molecule has 3 aromatic carbocycles. The van der Waals surface area contributed by atoms with E-state index in [1.165, 1.54) is 11.8 Å².